The molecule has 1 aromatic rings. The molecule has 1 saturated heterocycles. The van der Waals surface area contributed by atoms with Gasteiger partial charge >= 0.3 is 23.4 Å². The molecule has 0 radical (unpaired) electrons. The third-order valence-corrected chi connectivity index (χ3v) is 4.61. The number of halogens is 1. The first kappa shape index (κ1) is 21.5. The molecule has 0 unspecified atom stereocenters. The first-order chi connectivity index (χ1) is 12.3. The van der Waals surface area contributed by atoms with Crippen LogP contribution in [0.2, 0.25) is 0 Å². The van der Waals surface area contributed by atoms with Gasteiger partial charge in [-0.3, -0.25) is 0 Å². The Morgan fingerprint density at radius 2 is 1.78 bits per heavy atom. The van der Waals surface area contributed by atoms with Gasteiger partial charge < -0.3 is 24.6 Å². The Morgan fingerprint density at radius 1 is 1.19 bits per heavy atom. The summed E-state index contributed by atoms with van der Waals surface area (Å²) in [5.74, 6) is -0.849. The molecule has 0 aliphatic carbocycles. The van der Waals surface area contributed by atoms with E-state index in [9.17, 15) is 27.1 Å². The Morgan fingerprint density at radius 3 is 2.26 bits per heavy atom. The maximum atomic E-state index is 13.0. The summed E-state index contributed by atoms with van der Waals surface area (Å²) in [5, 5.41) is 18.8. The second-order valence-electron chi connectivity index (χ2n) is 7.44. The maximum Gasteiger partial charge on any atom is 0.488 e. The molecule has 1 aliphatic heterocycles. The lowest BCUT2D eigenvalue weighted by Gasteiger charge is -2.37. The van der Waals surface area contributed by atoms with Crippen LogP contribution < -0.4 is 10.4 Å². The highest BCUT2D eigenvalue weighted by Gasteiger charge is 2.27. The van der Waals surface area contributed by atoms with Crippen LogP contribution in [-0.2, 0) is 20.7 Å². The zero-order valence-electron chi connectivity index (χ0n) is 15.6. The minimum absolute atomic E-state index is 0.0701. The van der Waals surface area contributed by atoms with Crippen molar-refractivity contribution in [1.29, 1.82) is 0 Å². The molecule has 1 aromatic carbocycles. The van der Waals surface area contributed by atoms with Crippen molar-refractivity contribution in [2.75, 3.05) is 31.1 Å². The van der Waals surface area contributed by atoms with Gasteiger partial charge in [0.1, 0.15) is 11.4 Å². The van der Waals surface area contributed by atoms with Crippen LogP contribution in [0.1, 0.15) is 26.3 Å². The first-order valence-electron chi connectivity index (χ1n) is 8.49. The molecule has 27 heavy (non-hydrogen) atoms. The molecule has 1 amide bonds. The highest BCUT2D eigenvalue weighted by molar-refractivity contribution is 7.85. The molecule has 150 valence electrons. The zero-order chi connectivity index (χ0) is 20.4. The number of rotatable bonds is 4. The van der Waals surface area contributed by atoms with Gasteiger partial charge in [0.05, 0.1) is 0 Å². The van der Waals surface area contributed by atoms with E-state index in [0.29, 0.717) is 31.9 Å². The highest BCUT2D eigenvalue weighted by Crippen LogP contribution is 2.20. The van der Waals surface area contributed by atoms with E-state index < -0.39 is 34.8 Å². The van der Waals surface area contributed by atoms with Gasteiger partial charge in [0.15, 0.2) is 0 Å². The molecule has 0 aromatic heterocycles. The minimum atomic E-state index is -4.76. The lowest BCUT2D eigenvalue weighted by molar-refractivity contribution is 0.0240. The monoisotopic (exact) mass is 402 g/mol. The van der Waals surface area contributed by atoms with Crippen molar-refractivity contribution in [2.45, 2.75) is 32.1 Å². The third kappa shape index (κ3) is 6.67. The SMILES string of the molecule is CC(C)(C)OC(=O)N1CCN(c2cc(CS(=O)(=O)F)cc(B(O)O)c2)CC1. The molecular weight excluding hydrogens is 378 g/mol. The van der Waals surface area contributed by atoms with Gasteiger partial charge in [-0.25, -0.2) is 4.79 Å². The summed E-state index contributed by atoms with van der Waals surface area (Å²) >= 11 is 0. The van der Waals surface area contributed by atoms with E-state index in [0.717, 1.165) is 0 Å². The van der Waals surface area contributed by atoms with Crippen LogP contribution in [0.3, 0.4) is 0 Å². The molecular formula is C16H24BFN2O6S. The molecule has 8 nitrogen and oxygen atoms in total. The molecule has 1 heterocycles. The lowest BCUT2D eigenvalue weighted by atomic mass is 9.79. The Labute approximate surface area is 158 Å². The van der Waals surface area contributed by atoms with E-state index in [-0.39, 0.29) is 11.0 Å². The van der Waals surface area contributed by atoms with Crippen LogP contribution in [0.4, 0.5) is 14.4 Å². The van der Waals surface area contributed by atoms with Crippen LogP contribution in [0, 0.1) is 0 Å². The van der Waals surface area contributed by atoms with E-state index in [1.54, 1.807) is 25.7 Å². The Bertz CT molecular complexity index is 789. The number of anilines is 1. The van der Waals surface area contributed by atoms with Crippen LogP contribution in [-0.4, -0.2) is 68.4 Å². The quantitative estimate of drug-likeness (QED) is 0.548. The number of ether oxygens (including phenoxy) is 1. The average molecular weight is 402 g/mol. The summed E-state index contributed by atoms with van der Waals surface area (Å²) in [7, 11) is -6.57. The van der Waals surface area contributed by atoms with E-state index in [1.807, 2.05) is 4.90 Å². The summed E-state index contributed by atoms with van der Waals surface area (Å²) in [5.41, 5.74) is 0.128. The van der Waals surface area contributed by atoms with Crippen molar-refractivity contribution in [3.8, 4) is 0 Å². The second-order valence-corrected chi connectivity index (χ2v) is 8.81. The van der Waals surface area contributed by atoms with E-state index in [4.69, 9.17) is 4.74 Å². The van der Waals surface area contributed by atoms with Gasteiger partial charge in [-0.15, -0.1) is 3.89 Å². The molecule has 1 fully saturated rings. The number of carbonyl (C=O) groups is 1. The van der Waals surface area contributed by atoms with Crippen molar-refractivity contribution in [2.24, 2.45) is 0 Å². The maximum absolute atomic E-state index is 13.0. The van der Waals surface area contributed by atoms with Crippen LogP contribution in [0.5, 0.6) is 0 Å². The smallest absolute Gasteiger partial charge is 0.444 e. The number of benzene rings is 1. The zero-order valence-corrected chi connectivity index (χ0v) is 16.4. The summed E-state index contributed by atoms with van der Waals surface area (Å²) in [6, 6.07) is 4.23. The first-order valence-corrected chi connectivity index (χ1v) is 10.0. The van der Waals surface area contributed by atoms with Crippen molar-refractivity contribution in [3.05, 3.63) is 23.8 Å². The van der Waals surface area contributed by atoms with E-state index in [1.165, 1.54) is 18.2 Å². The standard InChI is InChI=1S/C16H24BFN2O6S/c1-16(2,3)26-15(21)20-6-4-19(5-7-20)14-9-12(11-27(18,24)25)8-13(10-14)17(22)23/h8-10,22-23H,4-7,11H2,1-3H3. The number of hydrogen-bond acceptors (Lipinski definition) is 7. The van der Waals surface area contributed by atoms with Gasteiger partial charge in [-0.1, -0.05) is 6.07 Å². The summed E-state index contributed by atoms with van der Waals surface area (Å²) in [6.07, 6.45) is -0.411. The molecule has 0 spiro atoms. The van der Waals surface area contributed by atoms with Gasteiger partial charge in [0, 0.05) is 31.9 Å². The molecule has 0 bridgehead atoms. The van der Waals surface area contributed by atoms with Gasteiger partial charge in [-0.05, 0) is 43.9 Å². The fourth-order valence-electron chi connectivity index (χ4n) is 2.79. The molecule has 1 aliphatic rings. The van der Waals surface area contributed by atoms with Crippen LogP contribution in [0.25, 0.3) is 0 Å². The Kier molecular flexibility index (Phi) is 6.38. The topological polar surface area (TPSA) is 107 Å². The number of carbonyl (C=O) groups excluding carboxylic acids is 1. The van der Waals surface area contributed by atoms with Crippen LogP contribution >= 0.6 is 0 Å². The van der Waals surface area contributed by atoms with E-state index in [2.05, 4.69) is 0 Å². The number of amides is 1. The molecule has 11 heteroatoms. The average Bonchev–Trinajstić information content (AvgIpc) is 2.51. The Hall–Kier alpha value is -1.85. The van der Waals surface area contributed by atoms with Gasteiger partial charge in [0.2, 0.25) is 0 Å². The predicted octanol–water partition coefficient (Wildman–Crippen LogP) is 0.223. The third-order valence-electron chi connectivity index (χ3n) is 3.93. The summed E-state index contributed by atoms with van der Waals surface area (Å²) in [6.45, 7) is 7.00. The number of hydrogen-bond donors (Lipinski definition) is 2. The lowest BCUT2D eigenvalue weighted by Crippen LogP contribution is -2.50. The fraction of sp³-hybridized carbons (Fsp3) is 0.562. The Balaban J connectivity index is 2.14. The molecule has 2 N–H and O–H groups in total. The fourth-order valence-corrected chi connectivity index (χ4v) is 3.35. The number of nitrogens with zero attached hydrogens (tertiary/aromatic N) is 2. The van der Waals surface area contributed by atoms with Gasteiger partial charge in [0.25, 0.3) is 0 Å². The van der Waals surface area contributed by atoms with Crippen molar-refractivity contribution in [1.82, 2.24) is 4.90 Å². The van der Waals surface area contributed by atoms with Crippen molar-refractivity contribution >= 4 is 34.6 Å². The van der Waals surface area contributed by atoms with Gasteiger partial charge in [-0.2, -0.15) is 8.42 Å². The summed E-state index contributed by atoms with van der Waals surface area (Å²) in [4.78, 5) is 15.6. The highest BCUT2D eigenvalue weighted by atomic mass is 32.3. The molecule has 2 rings (SSSR count). The van der Waals surface area contributed by atoms with Crippen LogP contribution in [0.15, 0.2) is 18.2 Å². The predicted molar refractivity (Wildman–Crippen MR) is 100 cm³/mol. The molecule has 0 saturated carbocycles. The van der Waals surface area contributed by atoms with E-state index >= 15 is 0 Å². The summed E-state index contributed by atoms with van der Waals surface area (Å²) < 4.78 is 40.2. The van der Waals surface area contributed by atoms with Crippen molar-refractivity contribution < 1.29 is 31.9 Å². The molecule has 0 atom stereocenters. The second kappa shape index (κ2) is 8.03. The largest absolute Gasteiger partial charge is 0.488 e. The minimum Gasteiger partial charge on any atom is -0.444 e. The normalized spacial score (nSPS) is 15.6. The van der Waals surface area contributed by atoms with Crippen molar-refractivity contribution in [3.63, 3.8) is 0 Å². The number of piperazine rings is 1.